The molecule has 0 aliphatic carbocycles. The number of piperidine rings is 1. The summed E-state index contributed by atoms with van der Waals surface area (Å²) >= 11 is 0. The predicted octanol–water partition coefficient (Wildman–Crippen LogP) is 4.63. The summed E-state index contributed by atoms with van der Waals surface area (Å²) in [6.45, 7) is 3.42. The number of benzene rings is 2. The fraction of sp³-hybridized carbons (Fsp3) is 0.346. The Morgan fingerprint density at radius 2 is 1.65 bits per heavy atom. The lowest BCUT2D eigenvalue weighted by atomic mass is 9.88. The lowest BCUT2D eigenvalue weighted by molar-refractivity contribution is -0.134. The molecule has 1 amide bonds. The van der Waals surface area contributed by atoms with Crippen LogP contribution in [0.3, 0.4) is 0 Å². The number of rotatable bonds is 7. The number of carbonyl (C=O) groups excluding carboxylic acids is 1. The Morgan fingerprint density at radius 1 is 1.03 bits per heavy atom. The quantitative estimate of drug-likeness (QED) is 0.565. The van der Waals surface area contributed by atoms with Crippen molar-refractivity contribution in [2.45, 2.75) is 44.6 Å². The van der Waals surface area contributed by atoms with Gasteiger partial charge < -0.3 is 9.64 Å². The Kier molecular flexibility index (Phi) is 6.92. The van der Waals surface area contributed by atoms with Gasteiger partial charge in [-0.1, -0.05) is 67.6 Å². The van der Waals surface area contributed by atoms with Gasteiger partial charge in [0, 0.05) is 31.3 Å². The van der Waals surface area contributed by atoms with Gasteiger partial charge in [-0.3, -0.25) is 4.79 Å². The highest BCUT2D eigenvalue weighted by atomic mass is 16.5. The van der Waals surface area contributed by atoms with Crippen molar-refractivity contribution in [3.8, 4) is 6.01 Å². The minimum Gasteiger partial charge on any atom is -0.458 e. The highest BCUT2D eigenvalue weighted by Crippen LogP contribution is 2.29. The van der Waals surface area contributed by atoms with Crippen molar-refractivity contribution in [2.24, 2.45) is 0 Å². The predicted molar refractivity (Wildman–Crippen MR) is 121 cm³/mol. The fourth-order valence-electron chi connectivity index (χ4n) is 4.10. The van der Waals surface area contributed by atoms with Gasteiger partial charge in [-0.15, -0.1) is 0 Å². The number of likely N-dealkylation sites (tertiary alicyclic amines) is 1. The van der Waals surface area contributed by atoms with Crippen LogP contribution in [0, 0.1) is 0 Å². The number of ether oxygens (including phenoxy) is 1. The van der Waals surface area contributed by atoms with Crippen molar-refractivity contribution in [3.63, 3.8) is 0 Å². The summed E-state index contributed by atoms with van der Waals surface area (Å²) in [6, 6.07) is 20.9. The number of aryl methyl sites for hydroxylation is 1. The molecule has 5 heteroatoms. The van der Waals surface area contributed by atoms with Gasteiger partial charge >= 0.3 is 6.01 Å². The maximum atomic E-state index is 13.3. The van der Waals surface area contributed by atoms with Crippen molar-refractivity contribution in [1.29, 1.82) is 0 Å². The molecule has 1 saturated heterocycles. The maximum Gasteiger partial charge on any atom is 0.316 e. The van der Waals surface area contributed by atoms with Crippen LogP contribution >= 0.6 is 0 Å². The number of amides is 1. The zero-order valence-electron chi connectivity index (χ0n) is 18.0. The summed E-state index contributed by atoms with van der Waals surface area (Å²) < 4.78 is 5.99. The van der Waals surface area contributed by atoms with Crippen LogP contribution in [0.15, 0.2) is 73.1 Å². The maximum absolute atomic E-state index is 13.3. The molecule has 0 N–H and O–H groups in total. The second kappa shape index (κ2) is 10.2. The van der Waals surface area contributed by atoms with Gasteiger partial charge in [0.25, 0.3) is 0 Å². The Bertz CT molecular complexity index is 921. The van der Waals surface area contributed by atoms with Crippen LogP contribution in [0.4, 0.5) is 0 Å². The van der Waals surface area contributed by atoms with Crippen molar-refractivity contribution in [2.75, 3.05) is 13.1 Å². The molecule has 1 atom stereocenters. The number of hydrogen-bond donors (Lipinski definition) is 0. The number of aromatic nitrogens is 2. The summed E-state index contributed by atoms with van der Waals surface area (Å²) in [5, 5.41) is 0. The molecular weight excluding hydrogens is 386 g/mol. The van der Waals surface area contributed by atoms with E-state index in [1.807, 2.05) is 41.3 Å². The zero-order valence-corrected chi connectivity index (χ0v) is 18.0. The normalized spacial score (nSPS) is 16.3. The number of hydrogen-bond acceptors (Lipinski definition) is 4. The molecule has 160 valence electrons. The average molecular weight is 416 g/mol. The topological polar surface area (TPSA) is 55.3 Å². The van der Waals surface area contributed by atoms with Gasteiger partial charge in [0.1, 0.15) is 6.10 Å². The molecule has 1 aliphatic heterocycles. The van der Waals surface area contributed by atoms with Gasteiger partial charge in [-0.2, -0.15) is 0 Å². The minimum atomic E-state index is -0.0722. The molecule has 1 aliphatic rings. The molecule has 2 aromatic carbocycles. The summed E-state index contributed by atoms with van der Waals surface area (Å²) in [5.74, 6) is 0.203. The first-order valence-electron chi connectivity index (χ1n) is 11.1. The van der Waals surface area contributed by atoms with E-state index in [9.17, 15) is 4.79 Å². The van der Waals surface area contributed by atoms with Crippen LogP contribution in [0.2, 0.25) is 0 Å². The lowest BCUT2D eigenvalue weighted by Gasteiger charge is -2.33. The van der Waals surface area contributed by atoms with E-state index in [1.165, 1.54) is 0 Å². The summed E-state index contributed by atoms with van der Waals surface area (Å²) in [7, 11) is 0. The molecule has 2 heterocycles. The first-order valence-corrected chi connectivity index (χ1v) is 11.1. The highest BCUT2D eigenvalue weighted by molar-refractivity contribution is 5.78. The highest BCUT2D eigenvalue weighted by Gasteiger charge is 2.28. The molecule has 31 heavy (non-hydrogen) atoms. The molecule has 5 nitrogen and oxygen atoms in total. The molecule has 1 unspecified atom stereocenters. The average Bonchev–Trinajstić information content (AvgIpc) is 2.84. The van der Waals surface area contributed by atoms with Crippen molar-refractivity contribution in [1.82, 2.24) is 14.9 Å². The smallest absolute Gasteiger partial charge is 0.316 e. The lowest BCUT2D eigenvalue weighted by Crippen LogP contribution is -2.45. The van der Waals surface area contributed by atoms with E-state index in [2.05, 4.69) is 41.2 Å². The molecule has 0 saturated carbocycles. The van der Waals surface area contributed by atoms with Gasteiger partial charge in [0.2, 0.25) is 5.91 Å². The molecule has 4 rings (SSSR count). The van der Waals surface area contributed by atoms with E-state index < -0.39 is 0 Å². The van der Waals surface area contributed by atoms with Crippen LogP contribution < -0.4 is 4.74 Å². The van der Waals surface area contributed by atoms with Crippen molar-refractivity contribution >= 4 is 5.91 Å². The van der Waals surface area contributed by atoms with Crippen LogP contribution in [0.5, 0.6) is 6.01 Å². The summed E-state index contributed by atoms with van der Waals surface area (Å²) in [6.07, 6.45) is 6.71. The molecule has 3 aromatic rings. The van der Waals surface area contributed by atoms with Crippen LogP contribution in [0.25, 0.3) is 0 Å². The number of nitrogens with zero attached hydrogens (tertiary/aromatic N) is 3. The third kappa shape index (κ3) is 5.48. The van der Waals surface area contributed by atoms with Crippen molar-refractivity contribution < 1.29 is 9.53 Å². The fourth-order valence-corrected chi connectivity index (χ4v) is 4.10. The second-order valence-electron chi connectivity index (χ2n) is 8.03. The Hall–Kier alpha value is -3.21. The summed E-state index contributed by atoms with van der Waals surface area (Å²) in [5.41, 5.74) is 3.41. The molecule has 0 bridgehead atoms. The van der Waals surface area contributed by atoms with E-state index in [0.717, 1.165) is 42.5 Å². The van der Waals surface area contributed by atoms with E-state index in [-0.39, 0.29) is 17.9 Å². The van der Waals surface area contributed by atoms with Gasteiger partial charge in [-0.05, 0) is 36.0 Å². The molecular formula is C26H29N3O2. The van der Waals surface area contributed by atoms with Gasteiger partial charge in [0.15, 0.2) is 0 Å². The first-order chi connectivity index (χ1) is 15.2. The monoisotopic (exact) mass is 415 g/mol. The van der Waals surface area contributed by atoms with E-state index in [1.54, 1.807) is 12.4 Å². The molecule has 1 fully saturated rings. The van der Waals surface area contributed by atoms with E-state index in [4.69, 9.17) is 4.74 Å². The largest absolute Gasteiger partial charge is 0.458 e. The zero-order chi connectivity index (χ0) is 21.5. The molecule has 0 spiro atoms. The first kappa shape index (κ1) is 21.0. The van der Waals surface area contributed by atoms with Crippen LogP contribution in [0.1, 0.15) is 48.8 Å². The Balaban J connectivity index is 1.43. The third-order valence-electron chi connectivity index (χ3n) is 5.88. The van der Waals surface area contributed by atoms with Gasteiger partial charge in [-0.25, -0.2) is 9.97 Å². The third-order valence-corrected chi connectivity index (χ3v) is 5.88. The Morgan fingerprint density at radius 3 is 2.23 bits per heavy atom. The molecule has 1 aromatic heterocycles. The van der Waals surface area contributed by atoms with E-state index in [0.29, 0.717) is 19.0 Å². The van der Waals surface area contributed by atoms with Crippen molar-refractivity contribution in [3.05, 3.63) is 89.7 Å². The van der Waals surface area contributed by atoms with E-state index >= 15 is 0 Å². The number of carbonyl (C=O) groups is 1. The van der Waals surface area contributed by atoms with Crippen LogP contribution in [-0.4, -0.2) is 40.0 Å². The standard InChI is InChI=1S/C26H29N3O2/c1-2-20-17-27-26(28-18-20)31-23-14-9-15-29(19-23)25(30)16-24(21-10-5-3-6-11-21)22-12-7-4-8-13-22/h3-8,10-13,17-18,23-24H,2,9,14-16,19H2,1H3. The minimum absolute atomic E-state index is 0.0427. The van der Waals surface area contributed by atoms with Gasteiger partial charge in [0.05, 0.1) is 6.54 Å². The molecule has 0 radical (unpaired) electrons. The Labute approximate surface area is 184 Å². The van der Waals surface area contributed by atoms with Crippen LogP contribution in [-0.2, 0) is 11.2 Å². The SMILES string of the molecule is CCc1cnc(OC2CCCN(C(=O)CC(c3ccccc3)c3ccccc3)C2)nc1. The summed E-state index contributed by atoms with van der Waals surface area (Å²) in [4.78, 5) is 23.8. The second-order valence-corrected chi connectivity index (χ2v) is 8.03.